The molecule has 0 spiro atoms. The topological polar surface area (TPSA) is 18.5 Å². The number of hydrogen-bond acceptors (Lipinski definition) is 3. The van der Waals surface area contributed by atoms with E-state index in [-0.39, 0.29) is 12.4 Å². The van der Waals surface area contributed by atoms with Crippen LogP contribution in [0.25, 0.3) is 0 Å². The van der Waals surface area contributed by atoms with Gasteiger partial charge in [0.1, 0.15) is 0 Å². The summed E-state index contributed by atoms with van der Waals surface area (Å²) in [5.74, 6) is 0.958. The summed E-state index contributed by atoms with van der Waals surface area (Å²) in [6.07, 6.45) is 10.0. The number of likely N-dealkylation sites (tertiary alicyclic amines) is 2. The van der Waals surface area contributed by atoms with Crippen molar-refractivity contribution in [2.24, 2.45) is 5.92 Å². The van der Waals surface area contributed by atoms with E-state index in [1.165, 1.54) is 90.8 Å². The first-order valence-electron chi connectivity index (χ1n) is 8.59. The van der Waals surface area contributed by atoms with Crippen LogP contribution in [0.1, 0.15) is 44.9 Å². The zero-order chi connectivity index (χ0) is 12.9. The highest BCUT2D eigenvalue weighted by atomic mass is 35.5. The van der Waals surface area contributed by atoms with Gasteiger partial charge in [-0.3, -0.25) is 0 Å². The minimum atomic E-state index is 0. The molecule has 1 unspecified atom stereocenters. The van der Waals surface area contributed by atoms with Crippen LogP contribution in [0, 0.1) is 5.92 Å². The second-order valence-electron chi connectivity index (χ2n) is 6.82. The molecule has 0 aromatic carbocycles. The Balaban J connectivity index is 0.00000147. The highest BCUT2D eigenvalue weighted by molar-refractivity contribution is 5.85. The molecule has 3 aliphatic rings. The van der Waals surface area contributed by atoms with Crippen LogP contribution in [0.3, 0.4) is 0 Å². The van der Waals surface area contributed by atoms with Gasteiger partial charge in [0, 0.05) is 6.04 Å². The third kappa shape index (κ3) is 4.59. The number of nitrogens with zero attached hydrogens (tertiary/aromatic N) is 2. The van der Waals surface area contributed by atoms with E-state index >= 15 is 0 Å². The minimum absolute atomic E-state index is 0. The zero-order valence-corrected chi connectivity index (χ0v) is 13.7. The molecule has 0 aromatic heterocycles. The lowest BCUT2D eigenvalue weighted by molar-refractivity contribution is 0.0903. The molecule has 0 amide bonds. The third-order valence-electron chi connectivity index (χ3n) is 5.48. The fourth-order valence-corrected chi connectivity index (χ4v) is 4.12. The highest BCUT2D eigenvalue weighted by Crippen LogP contribution is 2.21. The van der Waals surface area contributed by atoms with Crippen molar-refractivity contribution in [3.63, 3.8) is 0 Å². The first kappa shape index (κ1) is 16.5. The van der Waals surface area contributed by atoms with Crippen LogP contribution in [0.15, 0.2) is 0 Å². The number of rotatable bonds is 4. The van der Waals surface area contributed by atoms with Crippen molar-refractivity contribution >= 4 is 12.4 Å². The molecule has 0 bridgehead atoms. The lowest BCUT2D eigenvalue weighted by Crippen LogP contribution is -2.47. The standard InChI is InChI=1S/C16H31N3.ClH/c1-2-9-19(10-3-1)16-6-12-18(13-7-16)11-5-15-4-8-17-14-15;/h15-17H,1-14H2;1H. The van der Waals surface area contributed by atoms with Crippen LogP contribution < -0.4 is 5.32 Å². The first-order chi connectivity index (χ1) is 9.42. The van der Waals surface area contributed by atoms with Crippen molar-refractivity contribution in [2.45, 2.75) is 51.0 Å². The van der Waals surface area contributed by atoms with E-state index in [1.807, 2.05) is 0 Å². The Morgan fingerprint density at radius 1 is 0.900 bits per heavy atom. The molecule has 3 saturated heterocycles. The Labute approximate surface area is 130 Å². The summed E-state index contributed by atoms with van der Waals surface area (Å²) < 4.78 is 0. The van der Waals surface area contributed by atoms with Gasteiger partial charge in [0.25, 0.3) is 0 Å². The molecule has 3 aliphatic heterocycles. The molecule has 0 aliphatic carbocycles. The lowest BCUT2D eigenvalue weighted by Gasteiger charge is -2.40. The van der Waals surface area contributed by atoms with Gasteiger partial charge in [0.05, 0.1) is 0 Å². The van der Waals surface area contributed by atoms with E-state index in [4.69, 9.17) is 0 Å². The van der Waals surface area contributed by atoms with Gasteiger partial charge in [-0.2, -0.15) is 0 Å². The molecule has 4 heteroatoms. The molecule has 3 rings (SSSR count). The van der Waals surface area contributed by atoms with Crippen molar-refractivity contribution in [1.29, 1.82) is 0 Å². The predicted molar refractivity (Wildman–Crippen MR) is 87.7 cm³/mol. The Hall–Kier alpha value is 0.170. The summed E-state index contributed by atoms with van der Waals surface area (Å²) in [7, 11) is 0. The Morgan fingerprint density at radius 3 is 2.30 bits per heavy atom. The van der Waals surface area contributed by atoms with Gasteiger partial charge in [0.2, 0.25) is 0 Å². The van der Waals surface area contributed by atoms with Crippen LogP contribution in [-0.4, -0.2) is 61.7 Å². The van der Waals surface area contributed by atoms with E-state index in [9.17, 15) is 0 Å². The zero-order valence-electron chi connectivity index (χ0n) is 12.9. The molecule has 0 radical (unpaired) electrons. The molecule has 118 valence electrons. The van der Waals surface area contributed by atoms with Crippen molar-refractivity contribution in [3.8, 4) is 0 Å². The lowest BCUT2D eigenvalue weighted by atomic mass is 9.98. The molecule has 0 aromatic rings. The molecule has 1 atom stereocenters. The van der Waals surface area contributed by atoms with Crippen molar-refractivity contribution in [3.05, 3.63) is 0 Å². The SMILES string of the molecule is C1CCN(C2CCN(CCC3CCNC3)CC2)CC1.Cl. The second kappa shape index (κ2) is 8.57. The molecule has 3 heterocycles. The maximum Gasteiger partial charge on any atom is 0.0120 e. The normalized spacial score (nSPS) is 30.3. The molecule has 3 fully saturated rings. The minimum Gasteiger partial charge on any atom is -0.316 e. The molecule has 3 nitrogen and oxygen atoms in total. The van der Waals surface area contributed by atoms with E-state index in [2.05, 4.69) is 15.1 Å². The summed E-state index contributed by atoms with van der Waals surface area (Å²) in [5.41, 5.74) is 0. The molecule has 1 N–H and O–H groups in total. The van der Waals surface area contributed by atoms with Gasteiger partial charge in [-0.1, -0.05) is 6.42 Å². The molecular formula is C16H32ClN3. The van der Waals surface area contributed by atoms with Crippen molar-refractivity contribution < 1.29 is 0 Å². The largest absolute Gasteiger partial charge is 0.316 e. The van der Waals surface area contributed by atoms with E-state index < -0.39 is 0 Å². The second-order valence-corrected chi connectivity index (χ2v) is 6.82. The monoisotopic (exact) mass is 301 g/mol. The van der Waals surface area contributed by atoms with Gasteiger partial charge in [-0.25, -0.2) is 0 Å². The number of piperidine rings is 2. The molecular weight excluding hydrogens is 270 g/mol. The fourth-order valence-electron chi connectivity index (χ4n) is 4.12. The summed E-state index contributed by atoms with van der Waals surface area (Å²) in [6.45, 7) is 9.31. The van der Waals surface area contributed by atoms with Gasteiger partial charge >= 0.3 is 0 Å². The Bertz CT molecular complexity index is 254. The van der Waals surface area contributed by atoms with Gasteiger partial charge < -0.3 is 15.1 Å². The highest BCUT2D eigenvalue weighted by Gasteiger charge is 2.25. The average molecular weight is 302 g/mol. The van der Waals surface area contributed by atoms with Gasteiger partial charge in [0.15, 0.2) is 0 Å². The van der Waals surface area contributed by atoms with Crippen LogP contribution in [0.5, 0.6) is 0 Å². The number of nitrogens with one attached hydrogen (secondary N) is 1. The van der Waals surface area contributed by atoms with Crippen molar-refractivity contribution in [2.75, 3.05) is 45.8 Å². The van der Waals surface area contributed by atoms with Crippen LogP contribution in [0.2, 0.25) is 0 Å². The Morgan fingerprint density at radius 2 is 1.65 bits per heavy atom. The summed E-state index contributed by atoms with van der Waals surface area (Å²) in [5, 5.41) is 3.48. The summed E-state index contributed by atoms with van der Waals surface area (Å²) in [4.78, 5) is 5.50. The maximum absolute atomic E-state index is 3.48. The third-order valence-corrected chi connectivity index (χ3v) is 5.48. The quantitative estimate of drug-likeness (QED) is 0.860. The Kier molecular flexibility index (Phi) is 7.09. The number of halogens is 1. The molecule has 20 heavy (non-hydrogen) atoms. The maximum atomic E-state index is 3.48. The first-order valence-corrected chi connectivity index (χ1v) is 8.59. The number of hydrogen-bond donors (Lipinski definition) is 1. The predicted octanol–water partition coefficient (Wildman–Crippen LogP) is 2.36. The van der Waals surface area contributed by atoms with Crippen LogP contribution >= 0.6 is 12.4 Å². The fraction of sp³-hybridized carbons (Fsp3) is 1.00. The average Bonchev–Trinajstić information content (AvgIpc) is 3.00. The van der Waals surface area contributed by atoms with Crippen molar-refractivity contribution in [1.82, 2.24) is 15.1 Å². The van der Waals surface area contributed by atoms with E-state index in [0.29, 0.717) is 0 Å². The van der Waals surface area contributed by atoms with Crippen LogP contribution in [-0.2, 0) is 0 Å². The summed E-state index contributed by atoms with van der Waals surface area (Å²) in [6, 6.07) is 0.907. The van der Waals surface area contributed by atoms with Crippen LogP contribution in [0.4, 0.5) is 0 Å². The summed E-state index contributed by atoms with van der Waals surface area (Å²) >= 11 is 0. The van der Waals surface area contributed by atoms with Gasteiger partial charge in [-0.15, -0.1) is 12.4 Å². The smallest absolute Gasteiger partial charge is 0.0120 e. The van der Waals surface area contributed by atoms with E-state index in [0.717, 1.165) is 12.0 Å². The molecule has 0 saturated carbocycles. The van der Waals surface area contributed by atoms with Gasteiger partial charge in [-0.05, 0) is 90.3 Å². The van der Waals surface area contributed by atoms with E-state index in [1.54, 1.807) is 0 Å².